The number of halogens is 1. The van der Waals surface area contributed by atoms with Gasteiger partial charge in [0.2, 0.25) is 0 Å². The first-order valence-electron chi connectivity index (χ1n) is 6.54. The Morgan fingerprint density at radius 2 is 1.80 bits per heavy atom. The SMILES string of the molecule is COc1ccc(Br)c(CC(C)(O)c2ccc(C)cc2)c1. The van der Waals surface area contributed by atoms with Crippen molar-refractivity contribution in [3.63, 3.8) is 0 Å². The van der Waals surface area contributed by atoms with Crippen molar-refractivity contribution in [2.24, 2.45) is 0 Å². The quantitative estimate of drug-likeness (QED) is 0.907. The van der Waals surface area contributed by atoms with Crippen molar-refractivity contribution in [3.8, 4) is 5.75 Å². The Hall–Kier alpha value is -1.32. The van der Waals surface area contributed by atoms with Crippen LogP contribution in [0, 0.1) is 6.92 Å². The van der Waals surface area contributed by atoms with Gasteiger partial charge in [0.25, 0.3) is 0 Å². The normalized spacial score (nSPS) is 13.8. The highest BCUT2D eigenvalue weighted by molar-refractivity contribution is 9.10. The van der Waals surface area contributed by atoms with E-state index in [9.17, 15) is 5.11 Å². The number of hydrogen-bond acceptors (Lipinski definition) is 2. The molecule has 0 aliphatic rings. The van der Waals surface area contributed by atoms with Gasteiger partial charge in [-0.3, -0.25) is 0 Å². The number of methoxy groups -OCH3 is 1. The zero-order valence-corrected chi connectivity index (χ0v) is 13.6. The molecule has 0 saturated heterocycles. The molecule has 2 aromatic rings. The fourth-order valence-corrected chi connectivity index (χ4v) is 2.59. The van der Waals surface area contributed by atoms with E-state index < -0.39 is 5.60 Å². The van der Waals surface area contributed by atoms with Gasteiger partial charge in [0.15, 0.2) is 0 Å². The van der Waals surface area contributed by atoms with E-state index in [1.54, 1.807) is 7.11 Å². The first-order valence-corrected chi connectivity index (χ1v) is 7.33. The maximum Gasteiger partial charge on any atom is 0.119 e. The molecule has 106 valence electrons. The predicted octanol–water partition coefficient (Wildman–Crippen LogP) is 4.22. The lowest BCUT2D eigenvalue weighted by Gasteiger charge is -2.25. The largest absolute Gasteiger partial charge is 0.497 e. The molecule has 0 saturated carbocycles. The topological polar surface area (TPSA) is 29.5 Å². The molecule has 2 rings (SSSR count). The van der Waals surface area contributed by atoms with Gasteiger partial charge in [-0.25, -0.2) is 0 Å². The van der Waals surface area contributed by atoms with Crippen molar-refractivity contribution in [1.29, 1.82) is 0 Å². The summed E-state index contributed by atoms with van der Waals surface area (Å²) < 4.78 is 6.22. The number of rotatable bonds is 4. The second-order valence-electron chi connectivity index (χ2n) is 5.27. The Kier molecular flexibility index (Phi) is 4.51. The van der Waals surface area contributed by atoms with Crippen LogP contribution >= 0.6 is 15.9 Å². The van der Waals surface area contributed by atoms with Crippen LogP contribution in [0.5, 0.6) is 5.75 Å². The third-order valence-corrected chi connectivity index (χ3v) is 4.23. The summed E-state index contributed by atoms with van der Waals surface area (Å²) in [6.07, 6.45) is 0.522. The van der Waals surface area contributed by atoms with Crippen LogP contribution in [0.1, 0.15) is 23.6 Å². The third-order valence-electron chi connectivity index (χ3n) is 3.46. The molecule has 3 heteroatoms. The molecule has 2 nitrogen and oxygen atoms in total. The van der Waals surface area contributed by atoms with Crippen LogP contribution in [0.2, 0.25) is 0 Å². The van der Waals surface area contributed by atoms with E-state index in [0.29, 0.717) is 6.42 Å². The average molecular weight is 335 g/mol. The summed E-state index contributed by atoms with van der Waals surface area (Å²) >= 11 is 3.53. The predicted molar refractivity (Wildman–Crippen MR) is 85.1 cm³/mol. The summed E-state index contributed by atoms with van der Waals surface area (Å²) in [4.78, 5) is 0. The Labute approximate surface area is 128 Å². The highest BCUT2D eigenvalue weighted by Crippen LogP contribution is 2.31. The van der Waals surface area contributed by atoms with Crippen molar-refractivity contribution in [2.45, 2.75) is 25.9 Å². The Morgan fingerprint density at radius 3 is 2.40 bits per heavy atom. The lowest BCUT2D eigenvalue weighted by molar-refractivity contribution is 0.0574. The monoisotopic (exact) mass is 334 g/mol. The van der Waals surface area contributed by atoms with Crippen molar-refractivity contribution in [3.05, 3.63) is 63.6 Å². The Morgan fingerprint density at radius 1 is 1.15 bits per heavy atom. The summed E-state index contributed by atoms with van der Waals surface area (Å²) in [5.41, 5.74) is 2.21. The molecule has 0 fully saturated rings. The van der Waals surface area contributed by atoms with Crippen molar-refractivity contribution in [1.82, 2.24) is 0 Å². The molecule has 0 spiro atoms. The highest BCUT2D eigenvalue weighted by atomic mass is 79.9. The fourth-order valence-electron chi connectivity index (χ4n) is 2.20. The lowest BCUT2D eigenvalue weighted by Crippen LogP contribution is -2.24. The molecule has 0 heterocycles. The van der Waals surface area contributed by atoms with Crippen LogP contribution in [0.3, 0.4) is 0 Å². The summed E-state index contributed by atoms with van der Waals surface area (Å²) in [6, 6.07) is 13.8. The second-order valence-corrected chi connectivity index (χ2v) is 6.13. The minimum Gasteiger partial charge on any atom is -0.497 e. The lowest BCUT2D eigenvalue weighted by atomic mass is 9.88. The average Bonchev–Trinajstić information content (AvgIpc) is 2.41. The van der Waals surface area contributed by atoms with Gasteiger partial charge in [0.1, 0.15) is 5.75 Å². The molecule has 0 aliphatic carbocycles. The summed E-state index contributed by atoms with van der Waals surface area (Å²) in [6.45, 7) is 3.88. The maximum atomic E-state index is 10.8. The van der Waals surface area contributed by atoms with E-state index in [1.165, 1.54) is 5.56 Å². The molecular weight excluding hydrogens is 316 g/mol. The van der Waals surface area contributed by atoms with Crippen molar-refractivity contribution < 1.29 is 9.84 Å². The molecule has 0 aromatic heterocycles. The number of aliphatic hydroxyl groups is 1. The molecule has 0 aliphatic heterocycles. The molecule has 0 radical (unpaired) electrons. The van der Waals surface area contributed by atoms with Gasteiger partial charge in [0.05, 0.1) is 12.7 Å². The van der Waals surface area contributed by atoms with E-state index in [0.717, 1.165) is 21.3 Å². The second kappa shape index (κ2) is 5.98. The van der Waals surface area contributed by atoms with Gasteiger partial charge in [-0.05, 0) is 43.2 Å². The van der Waals surface area contributed by atoms with E-state index in [1.807, 2.05) is 56.3 Å². The number of hydrogen-bond donors (Lipinski definition) is 1. The van der Waals surface area contributed by atoms with Crippen molar-refractivity contribution >= 4 is 15.9 Å². The maximum absolute atomic E-state index is 10.8. The van der Waals surface area contributed by atoms with Crippen molar-refractivity contribution in [2.75, 3.05) is 7.11 Å². The van der Waals surface area contributed by atoms with Crippen LogP contribution in [-0.4, -0.2) is 12.2 Å². The van der Waals surface area contributed by atoms with E-state index in [-0.39, 0.29) is 0 Å². The van der Waals surface area contributed by atoms with Gasteiger partial charge in [-0.2, -0.15) is 0 Å². The van der Waals surface area contributed by atoms with Crippen LogP contribution in [-0.2, 0) is 12.0 Å². The van der Waals surface area contributed by atoms with Gasteiger partial charge < -0.3 is 9.84 Å². The fraction of sp³-hybridized carbons (Fsp3) is 0.294. The molecule has 0 amide bonds. The van der Waals surface area contributed by atoms with Crippen LogP contribution < -0.4 is 4.74 Å². The molecule has 1 atom stereocenters. The number of aryl methyl sites for hydroxylation is 1. The molecular formula is C17H19BrO2. The zero-order chi connectivity index (χ0) is 14.8. The van der Waals surface area contributed by atoms with Gasteiger partial charge in [-0.15, -0.1) is 0 Å². The summed E-state index contributed by atoms with van der Waals surface area (Å²) in [5, 5.41) is 10.8. The van der Waals surface area contributed by atoms with Gasteiger partial charge in [-0.1, -0.05) is 45.8 Å². The minimum atomic E-state index is -0.914. The first-order chi connectivity index (χ1) is 9.42. The third kappa shape index (κ3) is 3.41. The summed E-state index contributed by atoms with van der Waals surface area (Å²) in [7, 11) is 1.64. The standard InChI is InChI=1S/C17H19BrO2/c1-12-4-6-14(7-5-12)17(2,19)11-13-10-15(20-3)8-9-16(13)18/h4-10,19H,11H2,1-3H3. The van der Waals surface area contributed by atoms with E-state index in [4.69, 9.17) is 4.74 Å². The van der Waals surface area contributed by atoms with E-state index in [2.05, 4.69) is 15.9 Å². The van der Waals surface area contributed by atoms with E-state index >= 15 is 0 Å². The number of benzene rings is 2. The first kappa shape index (κ1) is 15.1. The molecule has 0 bridgehead atoms. The van der Waals surface area contributed by atoms with Crippen LogP contribution in [0.25, 0.3) is 0 Å². The smallest absolute Gasteiger partial charge is 0.119 e. The highest BCUT2D eigenvalue weighted by Gasteiger charge is 2.24. The molecule has 2 aromatic carbocycles. The van der Waals surface area contributed by atoms with Crippen LogP contribution in [0.4, 0.5) is 0 Å². The van der Waals surface area contributed by atoms with Gasteiger partial charge in [0, 0.05) is 10.9 Å². The zero-order valence-electron chi connectivity index (χ0n) is 12.0. The Bertz CT molecular complexity index is 588. The Balaban J connectivity index is 2.29. The van der Waals surface area contributed by atoms with Crippen LogP contribution in [0.15, 0.2) is 46.9 Å². The number of ether oxygens (including phenoxy) is 1. The molecule has 1 unspecified atom stereocenters. The molecule has 20 heavy (non-hydrogen) atoms. The van der Waals surface area contributed by atoms with Gasteiger partial charge >= 0.3 is 0 Å². The summed E-state index contributed by atoms with van der Waals surface area (Å²) in [5.74, 6) is 0.794. The minimum absolute atomic E-state index is 0.522. The molecule has 1 N–H and O–H groups in total.